The lowest BCUT2D eigenvalue weighted by Gasteiger charge is -2.13. The van der Waals surface area contributed by atoms with Crippen LogP contribution < -0.4 is 0 Å². The number of hydrogen-bond donors (Lipinski definition) is 0. The van der Waals surface area contributed by atoms with Crippen molar-refractivity contribution in [3.8, 4) is 40.1 Å². The Labute approximate surface area is 365 Å². The topological polar surface area (TPSA) is 66.6 Å². The first-order valence-electron chi connectivity index (χ1n) is 21.5. The second kappa shape index (κ2) is 13.3. The summed E-state index contributed by atoms with van der Waals surface area (Å²) in [5, 5.41) is 9.20. The molecular formula is C57H34N6O. The fraction of sp³-hybridized carbons (Fsp3) is 0. The zero-order valence-electron chi connectivity index (χ0n) is 34.2. The van der Waals surface area contributed by atoms with Crippen LogP contribution in [0.4, 0.5) is 0 Å². The van der Waals surface area contributed by atoms with Crippen LogP contribution in [0.25, 0.3) is 127 Å². The van der Waals surface area contributed by atoms with Gasteiger partial charge in [0.25, 0.3) is 0 Å². The molecule has 64 heavy (non-hydrogen) atoms. The molecule has 14 rings (SSSR count). The lowest BCUT2D eigenvalue weighted by atomic mass is 10.1. The Morgan fingerprint density at radius 1 is 0.281 bits per heavy atom. The van der Waals surface area contributed by atoms with E-state index >= 15 is 0 Å². The van der Waals surface area contributed by atoms with Crippen molar-refractivity contribution in [2.75, 3.05) is 0 Å². The number of hydrogen-bond acceptors (Lipinski definition) is 4. The summed E-state index contributed by atoms with van der Waals surface area (Å²) in [6.45, 7) is 0. The Hall–Kier alpha value is -8.81. The Bertz CT molecular complexity index is 4160. The zero-order chi connectivity index (χ0) is 41.9. The van der Waals surface area contributed by atoms with Crippen LogP contribution >= 0.6 is 0 Å². The van der Waals surface area contributed by atoms with Gasteiger partial charge in [-0.1, -0.05) is 127 Å². The molecule has 0 aliphatic rings. The van der Waals surface area contributed by atoms with Crippen LogP contribution in [0.3, 0.4) is 0 Å². The van der Waals surface area contributed by atoms with E-state index in [4.69, 9.17) is 19.4 Å². The molecule has 7 nitrogen and oxygen atoms in total. The average Bonchev–Trinajstić information content (AvgIpc) is 4.09. The molecule has 0 fully saturated rings. The van der Waals surface area contributed by atoms with E-state index in [0.717, 1.165) is 77.3 Å². The van der Waals surface area contributed by atoms with Crippen molar-refractivity contribution in [2.24, 2.45) is 0 Å². The maximum atomic E-state index is 6.37. The van der Waals surface area contributed by atoms with Crippen LogP contribution in [0.2, 0.25) is 0 Å². The number of aromatic nitrogens is 6. The summed E-state index contributed by atoms with van der Waals surface area (Å²) < 4.78 is 13.3. The molecule has 0 bridgehead atoms. The smallest absolute Gasteiger partial charge is 0.238 e. The Balaban J connectivity index is 1.00. The van der Waals surface area contributed by atoms with Crippen LogP contribution in [-0.4, -0.2) is 28.7 Å². The van der Waals surface area contributed by atoms with Crippen LogP contribution in [-0.2, 0) is 0 Å². The van der Waals surface area contributed by atoms with E-state index < -0.39 is 0 Å². The molecule has 5 aromatic heterocycles. The largest absolute Gasteiger partial charge is 0.456 e. The normalized spacial score (nSPS) is 12.1. The molecule has 0 aliphatic heterocycles. The van der Waals surface area contributed by atoms with E-state index in [0.29, 0.717) is 17.6 Å². The van der Waals surface area contributed by atoms with Crippen molar-refractivity contribution in [3.05, 3.63) is 206 Å². The van der Waals surface area contributed by atoms with Gasteiger partial charge < -0.3 is 13.6 Å². The van der Waals surface area contributed by atoms with E-state index in [9.17, 15) is 0 Å². The molecule has 0 N–H and O–H groups in total. The zero-order valence-corrected chi connectivity index (χ0v) is 34.2. The molecule has 298 valence electrons. The van der Waals surface area contributed by atoms with Crippen molar-refractivity contribution < 1.29 is 4.42 Å². The molecule has 0 radical (unpaired) electrons. The second-order valence-electron chi connectivity index (χ2n) is 16.4. The summed E-state index contributed by atoms with van der Waals surface area (Å²) in [6.07, 6.45) is 0. The minimum Gasteiger partial charge on any atom is -0.456 e. The van der Waals surface area contributed by atoms with E-state index in [1.165, 1.54) is 32.6 Å². The van der Waals surface area contributed by atoms with Gasteiger partial charge in [-0.3, -0.25) is 4.57 Å². The summed E-state index contributed by atoms with van der Waals surface area (Å²) in [4.78, 5) is 15.9. The van der Waals surface area contributed by atoms with Crippen LogP contribution in [0.5, 0.6) is 0 Å². The van der Waals surface area contributed by atoms with Gasteiger partial charge in [0.05, 0.1) is 33.1 Å². The lowest BCUT2D eigenvalue weighted by Crippen LogP contribution is -2.06. The van der Waals surface area contributed by atoms with E-state index in [1.807, 2.05) is 24.3 Å². The van der Waals surface area contributed by atoms with E-state index in [2.05, 4.69) is 196 Å². The van der Waals surface area contributed by atoms with Gasteiger partial charge in [-0.05, 0) is 78.9 Å². The number of para-hydroxylation sites is 6. The Kier molecular flexibility index (Phi) is 7.27. The van der Waals surface area contributed by atoms with Gasteiger partial charge in [0, 0.05) is 65.6 Å². The van der Waals surface area contributed by atoms with Gasteiger partial charge in [-0.15, -0.1) is 0 Å². The molecule has 0 spiro atoms. The fourth-order valence-corrected chi connectivity index (χ4v) is 10.1. The van der Waals surface area contributed by atoms with Crippen LogP contribution in [0, 0.1) is 0 Å². The van der Waals surface area contributed by atoms with Gasteiger partial charge in [0.2, 0.25) is 5.95 Å². The second-order valence-corrected chi connectivity index (χ2v) is 16.4. The third-order valence-electron chi connectivity index (χ3n) is 12.9. The third-order valence-corrected chi connectivity index (χ3v) is 12.9. The number of rotatable bonds is 5. The molecule has 7 heteroatoms. The highest BCUT2D eigenvalue weighted by atomic mass is 16.3. The van der Waals surface area contributed by atoms with Gasteiger partial charge in [-0.2, -0.15) is 9.97 Å². The molecule has 0 saturated heterocycles. The molecule has 5 heterocycles. The highest BCUT2D eigenvalue weighted by Crippen LogP contribution is 2.41. The Morgan fingerprint density at radius 2 is 0.750 bits per heavy atom. The SMILES string of the molecule is c1ccc(-n2c3ccccc3c3cc4c(cc32)c2ccccc2n4-c2cccc(-c3nc(-c4ccc5c(c4)oc4ccccc45)nc(-n4c5ccccc5c5ccccc54)n3)c2)cc1. The highest BCUT2D eigenvalue weighted by molar-refractivity contribution is 6.19. The number of furan rings is 1. The van der Waals surface area contributed by atoms with Crippen molar-refractivity contribution in [2.45, 2.75) is 0 Å². The summed E-state index contributed by atoms with van der Waals surface area (Å²) in [5.41, 5.74) is 12.2. The van der Waals surface area contributed by atoms with Gasteiger partial charge >= 0.3 is 0 Å². The minimum atomic E-state index is 0.543. The van der Waals surface area contributed by atoms with Gasteiger partial charge in [0.1, 0.15) is 11.2 Å². The predicted octanol–water partition coefficient (Wildman–Crippen LogP) is 14.4. The van der Waals surface area contributed by atoms with Crippen molar-refractivity contribution in [1.29, 1.82) is 0 Å². The molecule has 0 aliphatic carbocycles. The lowest BCUT2D eigenvalue weighted by molar-refractivity contribution is 0.669. The Morgan fingerprint density at radius 3 is 1.38 bits per heavy atom. The molecule has 0 atom stereocenters. The monoisotopic (exact) mass is 818 g/mol. The van der Waals surface area contributed by atoms with Crippen LogP contribution in [0.15, 0.2) is 211 Å². The van der Waals surface area contributed by atoms with Crippen molar-refractivity contribution >= 4 is 87.4 Å². The number of nitrogens with zero attached hydrogens (tertiary/aromatic N) is 6. The maximum absolute atomic E-state index is 6.37. The minimum absolute atomic E-state index is 0.543. The number of benzene rings is 9. The number of fused-ring (bicyclic) bond motifs is 12. The molecule has 0 unspecified atom stereocenters. The molecular weight excluding hydrogens is 785 g/mol. The molecule has 0 saturated carbocycles. The fourth-order valence-electron chi connectivity index (χ4n) is 10.1. The van der Waals surface area contributed by atoms with E-state index in [1.54, 1.807) is 0 Å². The molecule has 0 amide bonds. The van der Waals surface area contributed by atoms with Gasteiger partial charge in [0.15, 0.2) is 11.6 Å². The van der Waals surface area contributed by atoms with Crippen molar-refractivity contribution in [3.63, 3.8) is 0 Å². The van der Waals surface area contributed by atoms with E-state index in [-0.39, 0.29) is 0 Å². The summed E-state index contributed by atoms with van der Waals surface area (Å²) >= 11 is 0. The third kappa shape index (κ3) is 5.06. The first-order valence-corrected chi connectivity index (χ1v) is 21.5. The first kappa shape index (κ1) is 34.9. The molecule has 14 aromatic rings. The summed E-state index contributed by atoms with van der Waals surface area (Å²) in [7, 11) is 0. The summed E-state index contributed by atoms with van der Waals surface area (Å²) in [6, 6.07) is 72.7. The van der Waals surface area contributed by atoms with Crippen LogP contribution in [0.1, 0.15) is 0 Å². The first-order chi connectivity index (χ1) is 31.7. The highest BCUT2D eigenvalue weighted by Gasteiger charge is 2.21. The standard InChI is InChI=1S/C57H34N6O/c1-2-16-37(17-3-1)61-47-24-9-6-21-41(47)45-34-52-46(33-51(45)61)42-22-7-10-25-48(42)62(52)38-18-14-15-35(31-38)55-58-56(36-29-30-44-43-23-8-13-28-53(43)64-54(44)32-36)60-57(59-55)63-49-26-11-4-19-39(49)40-20-5-12-27-50(40)63/h1-34H. The quantitative estimate of drug-likeness (QED) is 0.173. The average molecular weight is 819 g/mol. The van der Waals surface area contributed by atoms with Gasteiger partial charge in [-0.25, -0.2) is 4.98 Å². The van der Waals surface area contributed by atoms with Crippen molar-refractivity contribution in [1.82, 2.24) is 28.7 Å². The summed E-state index contributed by atoms with van der Waals surface area (Å²) in [5.74, 6) is 1.67. The molecule has 9 aromatic carbocycles. The predicted molar refractivity (Wildman–Crippen MR) is 261 cm³/mol. The maximum Gasteiger partial charge on any atom is 0.238 e.